The molecule has 0 saturated heterocycles. The number of amides is 1. The number of carbonyl (C=O) groups is 1. The van der Waals surface area contributed by atoms with Gasteiger partial charge >= 0.3 is 0 Å². The van der Waals surface area contributed by atoms with Crippen LogP contribution >= 0.6 is 11.3 Å². The van der Waals surface area contributed by atoms with Crippen molar-refractivity contribution in [2.75, 3.05) is 32.1 Å². The van der Waals surface area contributed by atoms with E-state index in [0.717, 1.165) is 16.8 Å². The Morgan fingerprint density at radius 2 is 1.92 bits per heavy atom. The Labute approximate surface area is 156 Å². The summed E-state index contributed by atoms with van der Waals surface area (Å²) in [7, 11) is 4.08. The van der Waals surface area contributed by atoms with Crippen molar-refractivity contribution in [3.63, 3.8) is 0 Å². The molecule has 4 nitrogen and oxygen atoms in total. The number of likely N-dealkylation sites (N-methyl/N-ethyl adjacent to an activating group) is 1. The number of halogens is 1. The van der Waals surface area contributed by atoms with Crippen LogP contribution in [0.2, 0.25) is 0 Å². The number of hydrogen-bond acceptors (Lipinski definition) is 3. The second kappa shape index (κ2) is 7.51. The van der Waals surface area contributed by atoms with Crippen LogP contribution in [-0.2, 0) is 0 Å². The Morgan fingerprint density at radius 3 is 2.62 bits per heavy atom. The Balaban J connectivity index is 2.01. The highest BCUT2D eigenvalue weighted by Gasteiger charge is 2.22. The van der Waals surface area contributed by atoms with Gasteiger partial charge in [-0.05, 0) is 55.3 Å². The summed E-state index contributed by atoms with van der Waals surface area (Å²) in [5, 5.41) is 0.653. The van der Waals surface area contributed by atoms with Crippen molar-refractivity contribution < 1.29 is 14.1 Å². The molecule has 1 heterocycles. The second-order valence-corrected chi connectivity index (χ2v) is 7.83. The first-order valence-electron chi connectivity index (χ1n) is 8.59. The number of nitrogens with zero attached hydrogens (tertiary/aromatic N) is 2. The lowest BCUT2D eigenvalue weighted by Gasteiger charge is -2.20. The van der Waals surface area contributed by atoms with E-state index in [1.807, 2.05) is 20.2 Å². The highest BCUT2D eigenvalue weighted by Crippen LogP contribution is 2.31. The normalized spacial score (nSPS) is 11.3. The molecule has 1 aromatic heterocycles. The first-order chi connectivity index (χ1) is 12.3. The minimum Gasteiger partial charge on any atom is -0.338 e. The highest BCUT2D eigenvalue weighted by molar-refractivity contribution is 7.22. The number of aryl methyl sites for hydroxylation is 2. The van der Waals surface area contributed by atoms with E-state index in [2.05, 4.69) is 24.9 Å². The Hall–Kier alpha value is -2.31. The molecule has 26 heavy (non-hydrogen) atoms. The zero-order valence-corrected chi connectivity index (χ0v) is 16.3. The molecular weight excluding hydrogens is 349 g/mol. The molecule has 0 unspecified atom stereocenters. The SMILES string of the molecule is Cc1cc2nc(N(CC[NH+](C)C)C(=O)c3cccc(F)c3)sc2cc1C. The Morgan fingerprint density at radius 1 is 1.19 bits per heavy atom. The minimum atomic E-state index is -0.412. The van der Waals surface area contributed by atoms with Gasteiger partial charge in [0.05, 0.1) is 37.4 Å². The van der Waals surface area contributed by atoms with Crippen LogP contribution in [0.25, 0.3) is 10.2 Å². The molecule has 0 fully saturated rings. The number of aromatic nitrogens is 1. The van der Waals surface area contributed by atoms with E-state index in [1.54, 1.807) is 17.0 Å². The van der Waals surface area contributed by atoms with Crippen LogP contribution in [-0.4, -0.2) is 38.1 Å². The maximum atomic E-state index is 13.6. The molecule has 0 atom stereocenters. The van der Waals surface area contributed by atoms with Crippen molar-refractivity contribution in [1.29, 1.82) is 0 Å². The monoisotopic (exact) mass is 372 g/mol. The average molecular weight is 372 g/mol. The third-order valence-electron chi connectivity index (χ3n) is 4.38. The fraction of sp³-hybridized carbons (Fsp3) is 0.300. The molecule has 0 aliphatic carbocycles. The summed E-state index contributed by atoms with van der Waals surface area (Å²) in [4.78, 5) is 20.6. The van der Waals surface area contributed by atoms with Gasteiger partial charge in [0.25, 0.3) is 5.91 Å². The van der Waals surface area contributed by atoms with Crippen LogP contribution < -0.4 is 9.80 Å². The molecule has 0 saturated carbocycles. The van der Waals surface area contributed by atoms with Gasteiger partial charge in [0, 0.05) is 5.56 Å². The molecule has 0 aliphatic rings. The van der Waals surface area contributed by atoms with Crippen LogP contribution in [0.4, 0.5) is 9.52 Å². The molecule has 6 heteroatoms. The van der Waals surface area contributed by atoms with Crippen LogP contribution in [0.5, 0.6) is 0 Å². The third kappa shape index (κ3) is 3.92. The van der Waals surface area contributed by atoms with E-state index in [4.69, 9.17) is 0 Å². The number of quaternary nitrogens is 1. The van der Waals surface area contributed by atoms with E-state index in [-0.39, 0.29) is 5.91 Å². The molecule has 0 bridgehead atoms. The van der Waals surface area contributed by atoms with E-state index < -0.39 is 5.82 Å². The second-order valence-electron chi connectivity index (χ2n) is 6.82. The molecule has 1 N–H and O–H groups in total. The van der Waals surface area contributed by atoms with Crippen LogP contribution in [0, 0.1) is 19.7 Å². The number of nitrogens with one attached hydrogen (secondary N) is 1. The summed E-state index contributed by atoms with van der Waals surface area (Å²) in [5.41, 5.74) is 3.61. The van der Waals surface area contributed by atoms with Gasteiger partial charge in [-0.25, -0.2) is 9.37 Å². The first kappa shape index (κ1) is 18.5. The van der Waals surface area contributed by atoms with Gasteiger partial charge in [0.1, 0.15) is 5.82 Å². The molecule has 0 aliphatic heterocycles. The first-order valence-corrected chi connectivity index (χ1v) is 9.41. The van der Waals surface area contributed by atoms with Crippen molar-refractivity contribution in [3.05, 3.63) is 58.9 Å². The molecule has 0 spiro atoms. The Kier molecular flexibility index (Phi) is 5.34. The van der Waals surface area contributed by atoms with Crippen molar-refractivity contribution >= 4 is 32.6 Å². The third-order valence-corrected chi connectivity index (χ3v) is 5.42. The number of hydrogen-bond donors (Lipinski definition) is 1. The van der Waals surface area contributed by atoms with E-state index >= 15 is 0 Å². The van der Waals surface area contributed by atoms with Gasteiger partial charge < -0.3 is 4.90 Å². The number of carbonyl (C=O) groups excluding carboxylic acids is 1. The van der Waals surface area contributed by atoms with Crippen molar-refractivity contribution in [3.8, 4) is 0 Å². The fourth-order valence-corrected chi connectivity index (χ4v) is 3.75. The zero-order chi connectivity index (χ0) is 18.8. The number of benzene rings is 2. The van der Waals surface area contributed by atoms with Gasteiger partial charge in [0.2, 0.25) is 0 Å². The largest absolute Gasteiger partial charge is 0.338 e. The zero-order valence-electron chi connectivity index (χ0n) is 15.5. The average Bonchev–Trinajstić information content (AvgIpc) is 2.97. The number of fused-ring (bicyclic) bond motifs is 1. The highest BCUT2D eigenvalue weighted by atomic mass is 32.1. The number of rotatable bonds is 5. The van der Waals surface area contributed by atoms with Crippen LogP contribution in [0.15, 0.2) is 36.4 Å². The van der Waals surface area contributed by atoms with Crippen molar-refractivity contribution in [2.45, 2.75) is 13.8 Å². The summed E-state index contributed by atoms with van der Waals surface area (Å²) in [6, 6.07) is 9.97. The van der Waals surface area contributed by atoms with Crippen LogP contribution in [0.3, 0.4) is 0 Å². The minimum absolute atomic E-state index is 0.224. The van der Waals surface area contributed by atoms with Crippen LogP contribution in [0.1, 0.15) is 21.5 Å². The molecule has 2 aromatic carbocycles. The molecule has 1 amide bonds. The maximum absolute atomic E-state index is 13.6. The van der Waals surface area contributed by atoms with Gasteiger partial charge in [-0.2, -0.15) is 0 Å². The topological polar surface area (TPSA) is 37.6 Å². The lowest BCUT2D eigenvalue weighted by atomic mass is 10.1. The number of anilines is 1. The molecule has 0 radical (unpaired) electrons. The lowest BCUT2D eigenvalue weighted by Crippen LogP contribution is -3.06. The number of thiazole rings is 1. The standard InChI is InChI=1S/C20H22FN3OS/c1-13-10-17-18(11-14(13)2)26-20(22-17)24(9-8-23(3)4)19(25)15-6-5-7-16(21)12-15/h5-7,10-12H,8-9H2,1-4H3/p+1. The maximum Gasteiger partial charge on any atom is 0.260 e. The van der Waals surface area contributed by atoms with Gasteiger partial charge in [-0.15, -0.1) is 0 Å². The lowest BCUT2D eigenvalue weighted by molar-refractivity contribution is -0.856. The van der Waals surface area contributed by atoms with Gasteiger partial charge in [-0.1, -0.05) is 17.4 Å². The van der Waals surface area contributed by atoms with Crippen molar-refractivity contribution in [1.82, 2.24) is 4.98 Å². The molecule has 136 valence electrons. The molecule has 3 aromatic rings. The summed E-state index contributed by atoms with van der Waals surface area (Å²) >= 11 is 1.50. The van der Waals surface area contributed by atoms with Crippen molar-refractivity contribution in [2.24, 2.45) is 0 Å². The van der Waals surface area contributed by atoms with Gasteiger partial charge in [-0.3, -0.25) is 9.69 Å². The summed E-state index contributed by atoms with van der Waals surface area (Å²) < 4.78 is 14.6. The van der Waals surface area contributed by atoms with E-state index in [9.17, 15) is 9.18 Å². The summed E-state index contributed by atoms with van der Waals surface area (Å²) in [5.74, 6) is -0.636. The van der Waals surface area contributed by atoms with E-state index in [0.29, 0.717) is 17.2 Å². The molecule has 3 rings (SSSR count). The molecular formula is C20H23FN3OS+. The van der Waals surface area contributed by atoms with E-state index in [1.165, 1.54) is 39.5 Å². The predicted octanol–water partition coefficient (Wildman–Crippen LogP) is 2.84. The fourth-order valence-electron chi connectivity index (χ4n) is 2.68. The smallest absolute Gasteiger partial charge is 0.260 e. The quantitative estimate of drug-likeness (QED) is 0.748. The predicted molar refractivity (Wildman–Crippen MR) is 105 cm³/mol. The van der Waals surface area contributed by atoms with Gasteiger partial charge in [0.15, 0.2) is 5.13 Å². The summed E-state index contributed by atoms with van der Waals surface area (Å²) in [6.07, 6.45) is 0. The Bertz CT molecular complexity index is 912. The summed E-state index contributed by atoms with van der Waals surface area (Å²) in [6.45, 7) is 5.42.